The molecule has 0 heterocycles. The van der Waals surface area contributed by atoms with Gasteiger partial charge in [0.05, 0.1) is 12.5 Å². The van der Waals surface area contributed by atoms with Crippen LogP contribution < -0.4 is 5.32 Å². The summed E-state index contributed by atoms with van der Waals surface area (Å²) in [6, 6.07) is 4.64. The fourth-order valence-corrected chi connectivity index (χ4v) is 1.71. The Morgan fingerprint density at radius 2 is 2.22 bits per heavy atom. The van der Waals surface area contributed by atoms with Crippen LogP contribution in [-0.4, -0.2) is 35.4 Å². The number of hydrogen-bond donors (Lipinski definition) is 3. The Balaban J connectivity index is 2.27. The minimum atomic E-state index is -1.02. The molecule has 1 atom stereocenters. The van der Waals surface area contributed by atoms with E-state index in [0.717, 1.165) is 11.1 Å². The van der Waals surface area contributed by atoms with Crippen LogP contribution in [0.5, 0.6) is 0 Å². The number of aliphatic hydroxyl groups excluding tert-OH is 1. The molecule has 0 radical (unpaired) electrons. The Bertz CT molecular complexity index is 409. The van der Waals surface area contributed by atoms with Crippen molar-refractivity contribution in [1.29, 1.82) is 0 Å². The number of aryl methyl sites for hydroxylation is 1. The van der Waals surface area contributed by atoms with Crippen LogP contribution in [0.2, 0.25) is 0 Å². The fraction of sp³-hybridized carbons (Fsp3) is 0.462. The molecule has 0 bridgehead atoms. The van der Waals surface area contributed by atoms with E-state index in [-0.39, 0.29) is 18.8 Å². The second-order valence-electron chi connectivity index (χ2n) is 4.28. The lowest BCUT2D eigenvalue weighted by molar-refractivity contribution is -0.139. The number of carbonyl (C=O) groups is 1. The monoisotopic (exact) mass is 255 g/mol. The number of benzene rings is 1. The van der Waals surface area contributed by atoms with Gasteiger partial charge in [-0.05, 0) is 43.1 Å². The van der Waals surface area contributed by atoms with E-state index in [1.807, 2.05) is 6.92 Å². The van der Waals surface area contributed by atoms with Crippen LogP contribution in [0.25, 0.3) is 0 Å². The zero-order valence-corrected chi connectivity index (χ0v) is 10.3. The zero-order chi connectivity index (χ0) is 13.5. The fourth-order valence-electron chi connectivity index (χ4n) is 1.71. The molecule has 0 aliphatic heterocycles. The van der Waals surface area contributed by atoms with E-state index in [1.165, 1.54) is 12.1 Å². The molecule has 0 amide bonds. The first-order chi connectivity index (χ1) is 8.49. The van der Waals surface area contributed by atoms with E-state index in [1.54, 1.807) is 6.07 Å². The van der Waals surface area contributed by atoms with Gasteiger partial charge in [-0.1, -0.05) is 6.07 Å². The van der Waals surface area contributed by atoms with Crippen LogP contribution in [0, 0.1) is 12.7 Å². The maximum Gasteiger partial charge on any atom is 0.306 e. The Morgan fingerprint density at radius 3 is 2.83 bits per heavy atom. The molecule has 0 fully saturated rings. The Labute approximate surface area is 105 Å². The van der Waals surface area contributed by atoms with Gasteiger partial charge in [-0.2, -0.15) is 0 Å². The quantitative estimate of drug-likeness (QED) is 0.638. The summed E-state index contributed by atoms with van der Waals surface area (Å²) in [5, 5.41) is 20.7. The van der Waals surface area contributed by atoms with E-state index in [0.29, 0.717) is 13.0 Å². The molecular weight excluding hydrogens is 237 g/mol. The third kappa shape index (κ3) is 5.25. The average molecular weight is 255 g/mol. The molecule has 100 valence electrons. The van der Waals surface area contributed by atoms with Crippen LogP contribution in [0.1, 0.15) is 17.5 Å². The zero-order valence-electron chi connectivity index (χ0n) is 10.3. The summed E-state index contributed by atoms with van der Waals surface area (Å²) in [6.07, 6.45) is -0.425. The molecule has 0 aliphatic rings. The minimum absolute atomic E-state index is 0.243. The second kappa shape index (κ2) is 7.08. The van der Waals surface area contributed by atoms with Gasteiger partial charge in [0.15, 0.2) is 0 Å². The maximum absolute atomic E-state index is 12.9. The molecule has 1 unspecified atom stereocenters. The number of halogens is 1. The molecule has 18 heavy (non-hydrogen) atoms. The number of aliphatic hydroxyl groups is 1. The number of aliphatic carboxylic acids is 1. The van der Waals surface area contributed by atoms with Gasteiger partial charge in [-0.3, -0.25) is 4.79 Å². The van der Waals surface area contributed by atoms with E-state index in [4.69, 9.17) is 5.11 Å². The van der Waals surface area contributed by atoms with E-state index < -0.39 is 12.1 Å². The lowest BCUT2D eigenvalue weighted by atomic mass is 10.1. The minimum Gasteiger partial charge on any atom is -0.481 e. The van der Waals surface area contributed by atoms with E-state index in [2.05, 4.69) is 5.32 Å². The van der Waals surface area contributed by atoms with Crippen molar-refractivity contribution in [2.75, 3.05) is 13.1 Å². The molecule has 0 aliphatic carbocycles. The van der Waals surface area contributed by atoms with Crippen LogP contribution in [0.3, 0.4) is 0 Å². The molecule has 5 heteroatoms. The Kier molecular flexibility index (Phi) is 5.74. The highest BCUT2D eigenvalue weighted by atomic mass is 19.1. The number of carboxylic acid groups (broad SMARTS) is 1. The van der Waals surface area contributed by atoms with Gasteiger partial charge in [-0.25, -0.2) is 4.39 Å². The largest absolute Gasteiger partial charge is 0.481 e. The summed E-state index contributed by atoms with van der Waals surface area (Å²) in [5.74, 6) is -1.26. The van der Waals surface area contributed by atoms with Gasteiger partial charge in [0, 0.05) is 6.54 Å². The third-order valence-corrected chi connectivity index (χ3v) is 2.67. The van der Waals surface area contributed by atoms with Gasteiger partial charge in [0.25, 0.3) is 0 Å². The van der Waals surface area contributed by atoms with Crippen molar-refractivity contribution in [3.63, 3.8) is 0 Å². The van der Waals surface area contributed by atoms with Crippen LogP contribution in [0.15, 0.2) is 18.2 Å². The summed E-state index contributed by atoms with van der Waals surface area (Å²) < 4.78 is 12.9. The standard InChI is InChI=1S/C13H18FNO3/c1-9-6-11(14)3-2-10(9)4-5-15-8-12(16)7-13(17)18/h2-3,6,12,15-16H,4-5,7-8H2,1H3,(H,17,18). The van der Waals surface area contributed by atoms with E-state index in [9.17, 15) is 14.3 Å². The lowest BCUT2D eigenvalue weighted by Crippen LogP contribution is -2.30. The predicted octanol–water partition coefficient (Wildman–Crippen LogP) is 1.10. The number of carboxylic acids is 1. The first-order valence-corrected chi connectivity index (χ1v) is 5.84. The molecule has 0 saturated carbocycles. The predicted molar refractivity (Wildman–Crippen MR) is 66.0 cm³/mol. The van der Waals surface area contributed by atoms with Crippen molar-refractivity contribution in [2.24, 2.45) is 0 Å². The highest BCUT2D eigenvalue weighted by Crippen LogP contribution is 2.10. The highest BCUT2D eigenvalue weighted by Gasteiger charge is 2.08. The second-order valence-corrected chi connectivity index (χ2v) is 4.28. The van der Waals surface area contributed by atoms with Crippen LogP contribution in [-0.2, 0) is 11.2 Å². The van der Waals surface area contributed by atoms with Crippen LogP contribution >= 0.6 is 0 Å². The first kappa shape index (κ1) is 14.6. The first-order valence-electron chi connectivity index (χ1n) is 5.84. The SMILES string of the molecule is Cc1cc(F)ccc1CCNCC(O)CC(=O)O. The van der Waals surface area contributed by atoms with Gasteiger partial charge >= 0.3 is 5.97 Å². The maximum atomic E-state index is 12.9. The topological polar surface area (TPSA) is 69.6 Å². The van der Waals surface area contributed by atoms with E-state index >= 15 is 0 Å². The lowest BCUT2D eigenvalue weighted by Gasteiger charge is -2.10. The Hall–Kier alpha value is -1.46. The molecule has 0 aromatic heterocycles. The summed E-state index contributed by atoms with van der Waals surface area (Å²) in [5.41, 5.74) is 1.93. The summed E-state index contributed by atoms with van der Waals surface area (Å²) >= 11 is 0. The molecule has 3 N–H and O–H groups in total. The van der Waals surface area contributed by atoms with Gasteiger partial charge < -0.3 is 15.5 Å². The van der Waals surface area contributed by atoms with Gasteiger partial charge in [-0.15, -0.1) is 0 Å². The van der Waals surface area contributed by atoms with Crippen molar-refractivity contribution in [2.45, 2.75) is 25.9 Å². The number of nitrogens with one attached hydrogen (secondary N) is 1. The summed E-state index contributed by atoms with van der Waals surface area (Å²) in [6.45, 7) is 2.70. The van der Waals surface area contributed by atoms with Crippen molar-refractivity contribution in [3.8, 4) is 0 Å². The molecular formula is C13H18FNO3. The molecule has 0 saturated heterocycles. The van der Waals surface area contributed by atoms with Crippen LogP contribution in [0.4, 0.5) is 4.39 Å². The van der Waals surface area contributed by atoms with Crippen molar-refractivity contribution < 1.29 is 19.4 Å². The highest BCUT2D eigenvalue weighted by molar-refractivity contribution is 5.67. The Morgan fingerprint density at radius 1 is 1.50 bits per heavy atom. The van der Waals surface area contributed by atoms with Gasteiger partial charge in [0.1, 0.15) is 5.82 Å². The molecule has 1 rings (SSSR count). The van der Waals surface area contributed by atoms with Gasteiger partial charge in [0.2, 0.25) is 0 Å². The molecule has 4 nitrogen and oxygen atoms in total. The molecule has 1 aromatic carbocycles. The normalized spacial score (nSPS) is 12.4. The molecule has 0 spiro atoms. The number of rotatable bonds is 7. The summed E-state index contributed by atoms with van der Waals surface area (Å²) in [7, 11) is 0. The van der Waals surface area contributed by atoms with Crippen molar-refractivity contribution in [1.82, 2.24) is 5.32 Å². The van der Waals surface area contributed by atoms with Crippen molar-refractivity contribution in [3.05, 3.63) is 35.1 Å². The third-order valence-electron chi connectivity index (χ3n) is 2.67. The number of hydrogen-bond acceptors (Lipinski definition) is 3. The van der Waals surface area contributed by atoms with Crippen molar-refractivity contribution >= 4 is 5.97 Å². The summed E-state index contributed by atoms with van der Waals surface area (Å²) in [4.78, 5) is 10.3. The molecule has 1 aromatic rings. The average Bonchev–Trinajstić information content (AvgIpc) is 2.25. The smallest absolute Gasteiger partial charge is 0.306 e.